The molecule has 0 saturated carbocycles. The predicted molar refractivity (Wildman–Crippen MR) is 45.2 cm³/mol. The van der Waals surface area contributed by atoms with E-state index in [1.54, 1.807) is 17.6 Å². The molecule has 2 aromatic heterocycles. The van der Waals surface area contributed by atoms with E-state index in [-0.39, 0.29) is 5.78 Å². The summed E-state index contributed by atoms with van der Waals surface area (Å²) in [6, 6.07) is 3.68. The zero-order valence-electron chi connectivity index (χ0n) is 7.14. The van der Waals surface area contributed by atoms with Crippen LogP contribution in [0.3, 0.4) is 0 Å². The first-order valence-corrected chi connectivity index (χ1v) is 3.92. The third-order valence-electron chi connectivity index (χ3n) is 1.74. The van der Waals surface area contributed by atoms with Crippen LogP contribution < -0.4 is 0 Å². The Hall–Kier alpha value is -1.78. The van der Waals surface area contributed by atoms with Gasteiger partial charge in [0.25, 0.3) is 0 Å². The van der Waals surface area contributed by atoms with Crippen molar-refractivity contribution in [2.45, 2.75) is 13.3 Å². The molecule has 13 heavy (non-hydrogen) atoms. The van der Waals surface area contributed by atoms with Gasteiger partial charge in [-0.05, 0) is 23.4 Å². The third-order valence-corrected chi connectivity index (χ3v) is 1.74. The molecule has 2 aromatic rings. The molecule has 0 radical (unpaired) electrons. The van der Waals surface area contributed by atoms with E-state index in [1.165, 1.54) is 0 Å². The van der Waals surface area contributed by atoms with Crippen LogP contribution in [0.15, 0.2) is 18.3 Å². The minimum absolute atomic E-state index is 0.108. The first kappa shape index (κ1) is 7.85. The van der Waals surface area contributed by atoms with E-state index < -0.39 is 0 Å². The molecule has 0 saturated heterocycles. The quantitative estimate of drug-likeness (QED) is 0.658. The number of fused-ring (bicyclic) bond motifs is 1. The lowest BCUT2D eigenvalue weighted by atomic mass is 10.1. The number of carbonyl (C=O) groups excluding carboxylic acids is 1. The van der Waals surface area contributed by atoms with E-state index in [0.29, 0.717) is 12.1 Å². The summed E-state index contributed by atoms with van der Waals surface area (Å²) < 4.78 is 1.55. The first-order valence-electron chi connectivity index (χ1n) is 3.92. The van der Waals surface area contributed by atoms with Crippen molar-refractivity contribution in [1.82, 2.24) is 20.0 Å². The smallest absolute Gasteiger partial charge is 0.182 e. The van der Waals surface area contributed by atoms with Crippen molar-refractivity contribution in [1.29, 1.82) is 0 Å². The molecule has 0 N–H and O–H groups in total. The minimum atomic E-state index is 0.108. The summed E-state index contributed by atoms with van der Waals surface area (Å²) in [5, 5.41) is 11.1. The standard InChI is InChI=1S/C8H8N4O/c1-6(13)5-7-3-2-4-12-8(7)9-10-11-12/h2-4H,5H2,1H3. The van der Waals surface area contributed by atoms with Crippen molar-refractivity contribution in [3.63, 3.8) is 0 Å². The molecule has 2 rings (SSSR count). The summed E-state index contributed by atoms with van der Waals surface area (Å²) in [6.45, 7) is 1.55. The Morgan fingerprint density at radius 2 is 2.46 bits per heavy atom. The number of pyridine rings is 1. The molecule has 5 heteroatoms. The van der Waals surface area contributed by atoms with Crippen LogP contribution in [0.5, 0.6) is 0 Å². The number of rotatable bonds is 2. The van der Waals surface area contributed by atoms with E-state index in [0.717, 1.165) is 5.56 Å². The highest BCUT2D eigenvalue weighted by Gasteiger charge is 2.05. The fourth-order valence-corrected chi connectivity index (χ4v) is 1.23. The minimum Gasteiger partial charge on any atom is -0.300 e. The molecule has 0 unspecified atom stereocenters. The van der Waals surface area contributed by atoms with Crippen LogP contribution in [0.2, 0.25) is 0 Å². The highest BCUT2D eigenvalue weighted by Crippen LogP contribution is 2.06. The fraction of sp³-hybridized carbons (Fsp3) is 0.250. The molecule has 66 valence electrons. The van der Waals surface area contributed by atoms with Gasteiger partial charge < -0.3 is 0 Å². The third kappa shape index (κ3) is 1.40. The normalized spacial score (nSPS) is 10.5. The van der Waals surface area contributed by atoms with Gasteiger partial charge in [-0.1, -0.05) is 6.07 Å². The van der Waals surface area contributed by atoms with Crippen molar-refractivity contribution in [3.8, 4) is 0 Å². The van der Waals surface area contributed by atoms with E-state index in [4.69, 9.17) is 0 Å². The van der Waals surface area contributed by atoms with Crippen molar-refractivity contribution in [3.05, 3.63) is 23.9 Å². The van der Waals surface area contributed by atoms with Crippen LogP contribution in [0.1, 0.15) is 12.5 Å². The maximum absolute atomic E-state index is 10.9. The molecule has 5 nitrogen and oxygen atoms in total. The number of ketones is 1. The van der Waals surface area contributed by atoms with Crippen LogP contribution >= 0.6 is 0 Å². The first-order chi connectivity index (χ1) is 6.27. The summed E-state index contributed by atoms with van der Waals surface area (Å²) in [6.07, 6.45) is 2.13. The van der Waals surface area contributed by atoms with Gasteiger partial charge in [-0.3, -0.25) is 4.79 Å². The van der Waals surface area contributed by atoms with Crippen LogP contribution in [-0.2, 0) is 11.2 Å². The highest BCUT2D eigenvalue weighted by molar-refractivity contribution is 5.79. The van der Waals surface area contributed by atoms with Crippen molar-refractivity contribution in [2.75, 3.05) is 0 Å². The summed E-state index contributed by atoms with van der Waals surface area (Å²) in [7, 11) is 0. The molecule has 0 fully saturated rings. The Morgan fingerprint density at radius 1 is 1.62 bits per heavy atom. The predicted octanol–water partition coefficient (Wildman–Crippen LogP) is 0.256. The molecule has 0 spiro atoms. The maximum atomic E-state index is 10.9. The number of carbonyl (C=O) groups is 1. The number of aromatic nitrogens is 4. The van der Waals surface area contributed by atoms with Crippen LogP contribution in [0.4, 0.5) is 0 Å². The molecule has 0 aromatic carbocycles. The lowest BCUT2D eigenvalue weighted by Gasteiger charge is -1.97. The monoisotopic (exact) mass is 176 g/mol. The number of nitrogens with zero attached hydrogens (tertiary/aromatic N) is 4. The average Bonchev–Trinajstić information content (AvgIpc) is 2.51. The molecule has 0 aliphatic rings. The maximum Gasteiger partial charge on any atom is 0.182 e. The molecule has 0 bridgehead atoms. The van der Waals surface area contributed by atoms with Crippen LogP contribution in [0.25, 0.3) is 5.65 Å². The molecule has 2 heterocycles. The van der Waals surface area contributed by atoms with Gasteiger partial charge in [-0.25, -0.2) is 4.52 Å². The second-order valence-electron chi connectivity index (χ2n) is 2.86. The molecule has 0 aliphatic carbocycles. The highest BCUT2D eigenvalue weighted by atomic mass is 16.1. The van der Waals surface area contributed by atoms with Gasteiger partial charge in [0.05, 0.1) is 0 Å². The second kappa shape index (κ2) is 2.93. The van der Waals surface area contributed by atoms with E-state index in [9.17, 15) is 4.79 Å². The van der Waals surface area contributed by atoms with Crippen molar-refractivity contribution in [2.24, 2.45) is 0 Å². The lowest BCUT2D eigenvalue weighted by Crippen LogP contribution is -1.99. The number of Topliss-reactive ketones (excluding diaryl/α,β-unsaturated/α-hetero) is 1. The average molecular weight is 176 g/mol. The van der Waals surface area contributed by atoms with Gasteiger partial charge in [-0.2, -0.15) is 0 Å². The summed E-state index contributed by atoms with van der Waals surface area (Å²) in [5.41, 5.74) is 1.51. The number of tetrazole rings is 1. The largest absolute Gasteiger partial charge is 0.300 e. The van der Waals surface area contributed by atoms with Crippen LogP contribution in [0, 0.1) is 0 Å². The molecular weight excluding hydrogens is 168 g/mol. The number of hydrogen-bond donors (Lipinski definition) is 0. The molecule has 0 atom stereocenters. The van der Waals surface area contributed by atoms with E-state index >= 15 is 0 Å². The Balaban J connectivity index is 2.54. The Bertz CT molecular complexity index is 448. The summed E-state index contributed by atoms with van der Waals surface area (Å²) in [4.78, 5) is 10.9. The van der Waals surface area contributed by atoms with E-state index in [2.05, 4.69) is 15.5 Å². The second-order valence-corrected chi connectivity index (χ2v) is 2.86. The van der Waals surface area contributed by atoms with Gasteiger partial charge in [0, 0.05) is 18.2 Å². The van der Waals surface area contributed by atoms with Gasteiger partial charge in [0.1, 0.15) is 5.78 Å². The number of hydrogen-bond acceptors (Lipinski definition) is 4. The van der Waals surface area contributed by atoms with Crippen molar-refractivity contribution < 1.29 is 4.79 Å². The zero-order valence-corrected chi connectivity index (χ0v) is 7.14. The van der Waals surface area contributed by atoms with Crippen LogP contribution in [-0.4, -0.2) is 25.8 Å². The van der Waals surface area contributed by atoms with E-state index in [1.807, 2.05) is 12.1 Å². The summed E-state index contributed by atoms with van der Waals surface area (Å²) >= 11 is 0. The van der Waals surface area contributed by atoms with Crippen molar-refractivity contribution >= 4 is 11.4 Å². The Kier molecular flexibility index (Phi) is 1.77. The SMILES string of the molecule is CC(=O)Cc1cccn2nnnc12. The lowest BCUT2D eigenvalue weighted by molar-refractivity contribution is -0.116. The molecule has 0 aliphatic heterocycles. The topological polar surface area (TPSA) is 60.2 Å². The van der Waals surface area contributed by atoms with Gasteiger partial charge in [0.2, 0.25) is 0 Å². The Labute approximate surface area is 74.4 Å². The van der Waals surface area contributed by atoms with Gasteiger partial charge in [0.15, 0.2) is 5.65 Å². The zero-order chi connectivity index (χ0) is 9.26. The fourth-order valence-electron chi connectivity index (χ4n) is 1.23. The Morgan fingerprint density at radius 3 is 3.23 bits per heavy atom. The molecular formula is C8H8N4O. The van der Waals surface area contributed by atoms with Gasteiger partial charge >= 0.3 is 0 Å². The molecule has 0 amide bonds. The summed E-state index contributed by atoms with van der Waals surface area (Å²) in [5.74, 6) is 0.108. The van der Waals surface area contributed by atoms with Gasteiger partial charge in [-0.15, -0.1) is 5.10 Å².